The topological polar surface area (TPSA) is 95.7 Å². The third-order valence-corrected chi connectivity index (χ3v) is 5.82. The minimum Gasteiger partial charge on any atom is -0.454 e. The predicted molar refractivity (Wildman–Crippen MR) is 109 cm³/mol. The van der Waals surface area contributed by atoms with Crippen molar-refractivity contribution in [3.05, 3.63) is 69.3 Å². The molecule has 0 saturated carbocycles. The second-order valence-corrected chi connectivity index (χ2v) is 7.76. The Kier molecular flexibility index (Phi) is 7.00. The molecule has 7 nitrogen and oxygen atoms in total. The average molecular weight is 415 g/mol. The van der Waals surface area contributed by atoms with E-state index in [9.17, 15) is 19.7 Å². The summed E-state index contributed by atoms with van der Waals surface area (Å²) >= 11 is 1.52. The number of benzene rings is 2. The molecule has 0 N–H and O–H groups in total. The molecule has 0 radical (unpaired) electrons. The Hall–Kier alpha value is -2.71. The Morgan fingerprint density at radius 1 is 1.28 bits per heavy atom. The number of nitro groups is 1. The van der Waals surface area contributed by atoms with Crippen LogP contribution in [-0.2, 0) is 9.47 Å². The lowest BCUT2D eigenvalue weighted by Gasteiger charge is -2.12. The molecule has 1 aliphatic rings. The molecule has 1 aliphatic heterocycles. The summed E-state index contributed by atoms with van der Waals surface area (Å²) in [5, 5.41) is 11.0. The number of ether oxygens (including phenoxy) is 2. The monoisotopic (exact) mass is 415 g/mol. The largest absolute Gasteiger partial charge is 0.454 e. The Balaban J connectivity index is 1.62. The van der Waals surface area contributed by atoms with E-state index in [4.69, 9.17) is 9.47 Å². The van der Waals surface area contributed by atoms with Crippen LogP contribution in [-0.4, -0.2) is 41.7 Å². The second kappa shape index (κ2) is 9.67. The molecule has 0 aromatic heterocycles. The number of Topliss-reactive ketones (excluding diaryl/α,β-unsaturated/α-hetero) is 1. The summed E-state index contributed by atoms with van der Waals surface area (Å²) < 4.78 is 10.8. The fourth-order valence-corrected chi connectivity index (χ4v) is 4.10. The first-order chi connectivity index (χ1) is 14.0. The highest BCUT2D eigenvalue weighted by Gasteiger charge is 2.20. The van der Waals surface area contributed by atoms with Crippen LogP contribution in [0.4, 0.5) is 5.69 Å². The van der Waals surface area contributed by atoms with Gasteiger partial charge in [0.1, 0.15) is 0 Å². The Morgan fingerprint density at radius 2 is 2.07 bits per heavy atom. The summed E-state index contributed by atoms with van der Waals surface area (Å²) in [5.41, 5.74) is 0.841. The summed E-state index contributed by atoms with van der Waals surface area (Å²) in [5.74, 6) is -0.350. The van der Waals surface area contributed by atoms with E-state index in [1.807, 2.05) is 12.1 Å². The molecule has 1 atom stereocenters. The van der Waals surface area contributed by atoms with Crippen LogP contribution in [0.2, 0.25) is 0 Å². The highest BCUT2D eigenvalue weighted by atomic mass is 32.2. The Labute approximate surface area is 172 Å². The normalized spacial score (nSPS) is 15.8. The second-order valence-electron chi connectivity index (χ2n) is 6.70. The van der Waals surface area contributed by atoms with E-state index >= 15 is 0 Å². The van der Waals surface area contributed by atoms with Gasteiger partial charge in [-0.05, 0) is 31.9 Å². The van der Waals surface area contributed by atoms with Crippen molar-refractivity contribution in [2.75, 3.05) is 19.0 Å². The SMILES string of the molecule is Cc1ccc(C(=O)COC(=O)c2ccccc2SC[C@H]2CCCO2)cc1[N+](=O)[O-]. The quantitative estimate of drug-likeness (QED) is 0.209. The van der Waals surface area contributed by atoms with Gasteiger partial charge in [-0.3, -0.25) is 14.9 Å². The van der Waals surface area contributed by atoms with Gasteiger partial charge >= 0.3 is 5.97 Å². The number of thioether (sulfide) groups is 1. The number of carbonyl (C=O) groups is 2. The number of nitrogens with zero attached hydrogens (tertiary/aromatic N) is 1. The number of hydrogen-bond donors (Lipinski definition) is 0. The molecule has 1 heterocycles. The third-order valence-electron chi connectivity index (χ3n) is 4.62. The van der Waals surface area contributed by atoms with E-state index in [1.165, 1.54) is 30.0 Å². The maximum Gasteiger partial charge on any atom is 0.339 e. The molecule has 2 aromatic rings. The van der Waals surface area contributed by atoms with E-state index in [0.29, 0.717) is 11.1 Å². The zero-order valence-electron chi connectivity index (χ0n) is 16.0. The van der Waals surface area contributed by atoms with Crippen molar-refractivity contribution >= 4 is 29.2 Å². The number of hydrogen-bond acceptors (Lipinski definition) is 7. The van der Waals surface area contributed by atoms with Crippen molar-refractivity contribution in [3.63, 3.8) is 0 Å². The standard InChI is InChI=1S/C21H21NO6S/c1-14-8-9-15(11-18(14)22(25)26)19(23)12-28-21(24)17-6-2-3-7-20(17)29-13-16-5-4-10-27-16/h2-3,6-9,11,16H,4-5,10,12-13H2,1H3/t16-/m1/s1. The minimum atomic E-state index is -0.601. The smallest absolute Gasteiger partial charge is 0.339 e. The molecule has 0 unspecified atom stereocenters. The van der Waals surface area contributed by atoms with Gasteiger partial charge < -0.3 is 9.47 Å². The van der Waals surface area contributed by atoms with Crippen molar-refractivity contribution in [2.45, 2.75) is 30.8 Å². The van der Waals surface area contributed by atoms with E-state index in [0.717, 1.165) is 30.1 Å². The van der Waals surface area contributed by atoms with Gasteiger partial charge in [0.15, 0.2) is 6.61 Å². The molecule has 8 heteroatoms. The number of ketones is 1. The van der Waals surface area contributed by atoms with Crippen LogP contribution < -0.4 is 0 Å². The molecule has 2 aromatic carbocycles. The molecular weight excluding hydrogens is 394 g/mol. The first-order valence-corrected chi connectivity index (χ1v) is 10.2. The number of aryl methyl sites for hydroxylation is 1. The van der Waals surface area contributed by atoms with Gasteiger partial charge in [-0.1, -0.05) is 24.3 Å². The van der Waals surface area contributed by atoms with Crippen LogP contribution in [0.3, 0.4) is 0 Å². The van der Waals surface area contributed by atoms with E-state index in [1.54, 1.807) is 19.1 Å². The minimum absolute atomic E-state index is 0.135. The van der Waals surface area contributed by atoms with Gasteiger partial charge in [-0.25, -0.2) is 4.79 Å². The molecule has 0 spiro atoms. The molecule has 3 rings (SSSR count). The van der Waals surface area contributed by atoms with Gasteiger partial charge in [0.05, 0.1) is 16.6 Å². The lowest BCUT2D eigenvalue weighted by Crippen LogP contribution is -2.15. The van der Waals surface area contributed by atoms with Gasteiger partial charge in [-0.15, -0.1) is 11.8 Å². The summed E-state index contributed by atoms with van der Waals surface area (Å²) in [7, 11) is 0. The molecule has 29 heavy (non-hydrogen) atoms. The number of esters is 1. The fourth-order valence-electron chi connectivity index (χ4n) is 2.99. The molecule has 0 amide bonds. The molecule has 1 saturated heterocycles. The van der Waals surface area contributed by atoms with Gasteiger partial charge in [0.2, 0.25) is 5.78 Å². The van der Waals surface area contributed by atoms with Crippen LogP contribution in [0.25, 0.3) is 0 Å². The first-order valence-electron chi connectivity index (χ1n) is 9.24. The lowest BCUT2D eigenvalue weighted by atomic mass is 10.1. The number of nitro benzene ring substituents is 1. The first kappa shape index (κ1) is 21.0. The average Bonchev–Trinajstić information content (AvgIpc) is 3.24. The van der Waals surface area contributed by atoms with E-state index < -0.39 is 23.3 Å². The Bertz CT molecular complexity index is 923. The van der Waals surface area contributed by atoms with E-state index in [-0.39, 0.29) is 17.4 Å². The van der Waals surface area contributed by atoms with Crippen LogP contribution in [0.1, 0.15) is 39.1 Å². The summed E-state index contributed by atoms with van der Waals surface area (Å²) in [4.78, 5) is 36.1. The van der Waals surface area contributed by atoms with Gasteiger partial charge in [0, 0.05) is 34.4 Å². The summed E-state index contributed by atoms with van der Waals surface area (Å²) in [6.07, 6.45) is 2.24. The maximum absolute atomic E-state index is 12.5. The summed E-state index contributed by atoms with van der Waals surface area (Å²) in [6, 6.07) is 11.3. The van der Waals surface area contributed by atoms with Crippen molar-refractivity contribution in [1.29, 1.82) is 0 Å². The predicted octanol–water partition coefficient (Wildman–Crippen LogP) is 4.21. The fraction of sp³-hybridized carbons (Fsp3) is 0.333. The zero-order valence-corrected chi connectivity index (χ0v) is 16.8. The van der Waals surface area contributed by atoms with Gasteiger partial charge in [0.25, 0.3) is 5.69 Å². The molecule has 1 fully saturated rings. The Morgan fingerprint density at radius 3 is 2.79 bits per heavy atom. The number of carbonyl (C=O) groups excluding carboxylic acids is 2. The zero-order chi connectivity index (χ0) is 20.8. The lowest BCUT2D eigenvalue weighted by molar-refractivity contribution is -0.385. The van der Waals surface area contributed by atoms with Crippen molar-refractivity contribution in [3.8, 4) is 0 Å². The van der Waals surface area contributed by atoms with Crippen LogP contribution in [0.15, 0.2) is 47.4 Å². The highest BCUT2D eigenvalue weighted by molar-refractivity contribution is 7.99. The van der Waals surface area contributed by atoms with Crippen molar-refractivity contribution < 1.29 is 24.0 Å². The van der Waals surface area contributed by atoms with Gasteiger partial charge in [-0.2, -0.15) is 0 Å². The molecule has 152 valence electrons. The molecule has 0 aliphatic carbocycles. The van der Waals surface area contributed by atoms with Crippen LogP contribution in [0, 0.1) is 17.0 Å². The third kappa shape index (κ3) is 5.42. The van der Waals surface area contributed by atoms with Crippen molar-refractivity contribution in [2.24, 2.45) is 0 Å². The van der Waals surface area contributed by atoms with Crippen LogP contribution >= 0.6 is 11.8 Å². The molecule has 0 bridgehead atoms. The van der Waals surface area contributed by atoms with E-state index in [2.05, 4.69) is 0 Å². The maximum atomic E-state index is 12.5. The molecular formula is C21H21NO6S. The summed E-state index contributed by atoms with van der Waals surface area (Å²) in [6.45, 7) is 1.88. The number of rotatable bonds is 8. The highest BCUT2D eigenvalue weighted by Crippen LogP contribution is 2.27. The van der Waals surface area contributed by atoms with Crippen molar-refractivity contribution in [1.82, 2.24) is 0 Å². The van der Waals surface area contributed by atoms with Crippen LogP contribution in [0.5, 0.6) is 0 Å².